The summed E-state index contributed by atoms with van der Waals surface area (Å²) in [7, 11) is -3.24. The first-order valence-corrected chi connectivity index (χ1v) is 10.6. The second-order valence-electron chi connectivity index (χ2n) is 6.48. The Hall–Kier alpha value is -1.69. The van der Waals surface area contributed by atoms with E-state index in [9.17, 15) is 8.42 Å². The highest BCUT2D eigenvalue weighted by atomic mass is 32.2. The molecule has 1 heterocycles. The van der Waals surface area contributed by atoms with Gasteiger partial charge in [0.1, 0.15) is 0 Å². The Labute approximate surface area is 150 Å². The topological polar surface area (TPSA) is 49.4 Å². The second kappa shape index (κ2) is 8.13. The SMILES string of the molecule is CCc1ccc(C2CNCCN2CCS(=O)(=O)c2ccccc2)cc1. The molecule has 4 nitrogen and oxygen atoms in total. The molecule has 2 aromatic rings. The molecule has 1 fully saturated rings. The quantitative estimate of drug-likeness (QED) is 0.862. The van der Waals surface area contributed by atoms with E-state index in [2.05, 4.69) is 41.4 Å². The number of hydrogen-bond acceptors (Lipinski definition) is 4. The Balaban J connectivity index is 1.71. The van der Waals surface area contributed by atoms with Crippen molar-refractivity contribution < 1.29 is 8.42 Å². The van der Waals surface area contributed by atoms with Crippen LogP contribution in [0.2, 0.25) is 0 Å². The number of piperazine rings is 1. The van der Waals surface area contributed by atoms with Crippen molar-refractivity contribution in [3.63, 3.8) is 0 Å². The molecule has 0 aliphatic carbocycles. The molecule has 0 amide bonds. The summed E-state index contributed by atoms with van der Waals surface area (Å²) < 4.78 is 25.1. The van der Waals surface area contributed by atoms with Crippen molar-refractivity contribution in [3.05, 3.63) is 65.7 Å². The fraction of sp³-hybridized carbons (Fsp3) is 0.400. The lowest BCUT2D eigenvalue weighted by molar-refractivity contribution is 0.172. The van der Waals surface area contributed by atoms with Gasteiger partial charge in [-0.2, -0.15) is 0 Å². The van der Waals surface area contributed by atoms with Gasteiger partial charge in [-0.1, -0.05) is 49.4 Å². The average molecular weight is 359 g/mol. The highest BCUT2D eigenvalue weighted by Gasteiger charge is 2.25. The highest BCUT2D eigenvalue weighted by molar-refractivity contribution is 7.91. The van der Waals surface area contributed by atoms with E-state index in [1.807, 2.05) is 6.07 Å². The van der Waals surface area contributed by atoms with Gasteiger partial charge in [-0.3, -0.25) is 4.90 Å². The maximum Gasteiger partial charge on any atom is 0.179 e. The van der Waals surface area contributed by atoms with Crippen molar-refractivity contribution in [2.75, 3.05) is 31.9 Å². The number of nitrogens with one attached hydrogen (secondary N) is 1. The van der Waals surface area contributed by atoms with Gasteiger partial charge in [0.05, 0.1) is 10.6 Å². The third kappa shape index (κ3) is 4.48. The van der Waals surface area contributed by atoms with Crippen LogP contribution in [0.25, 0.3) is 0 Å². The van der Waals surface area contributed by atoms with Gasteiger partial charge in [-0.15, -0.1) is 0 Å². The molecule has 1 aliphatic heterocycles. The molecule has 0 spiro atoms. The number of rotatable bonds is 6. The van der Waals surface area contributed by atoms with Crippen LogP contribution in [0.3, 0.4) is 0 Å². The zero-order valence-corrected chi connectivity index (χ0v) is 15.5. The van der Waals surface area contributed by atoms with Gasteiger partial charge in [0, 0.05) is 32.2 Å². The molecule has 3 rings (SSSR count). The van der Waals surface area contributed by atoms with Gasteiger partial charge in [0.2, 0.25) is 0 Å². The van der Waals surface area contributed by atoms with Gasteiger partial charge in [0.25, 0.3) is 0 Å². The van der Waals surface area contributed by atoms with Crippen molar-refractivity contribution in [2.24, 2.45) is 0 Å². The standard InChI is InChI=1S/C20H26N2O2S/c1-2-17-8-10-18(11-9-17)20-16-21-12-13-22(20)14-15-25(23,24)19-6-4-3-5-7-19/h3-11,20-21H,2,12-16H2,1H3. The van der Waals surface area contributed by atoms with Crippen molar-refractivity contribution >= 4 is 9.84 Å². The second-order valence-corrected chi connectivity index (χ2v) is 8.59. The summed E-state index contributed by atoms with van der Waals surface area (Å²) in [4.78, 5) is 2.70. The molecule has 1 aliphatic rings. The third-order valence-corrected chi connectivity index (χ3v) is 6.59. The van der Waals surface area contributed by atoms with Crippen molar-refractivity contribution in [3.8, 4) is 0 Å². The van der Waals surface area contributed by atoms with Gasteiger partial charge >= 0.3 is 0 Å². The Morgan fingerprint density at radius 2 is 1.80 bits per heavy atom. The molecule has 1 N–H and O–H groups in total. The minimum atomic E-state index is -3.24. The summed E-state index contributed by atoms with van der Waals surface area (Å²) in [6, 6.07) is 17.7. The molecule has 0 radical (unpaired) electrons. The lowest BCUT2D eigenvalue weighted by Gasteiger charge is -2.36. The summed E-state index contributed by atoms with van der Waals surface area (Å²) in [5.74, 6) is 0.153. The van der Waals surface area contributed by atoms with Crippen LogP contribution >= 0.6 is 0 Å². The molecule has 0 saturated carbocycles. The molecule has 1 saturated heterocycles. The summed E-state index contributed by atoms with van der Waals surface area (Å²) in [6.45, 7) is 5.33. The zero-order valence-electron chi connectivity index (χ0n) is 14.7. The van der Waals surface area contributed by atoms with E-state index < -0.39 is 9.84 Å². The normalized spacial score (nSPS) is 19.0. The van der Waals surface area contributed by atoms with Gasteiger partial charge in [0.15, 0.2) is 9.84 Å². The first-order chi connectivity index (χ1) is 12.1. The molecule has 0 aromatic heterocycles. The number of aryl methyl sites for hydroxylation is 1. The van der Waals surface area contributed by atoms with Crippen LogP contribution in [0.15, 0.2) is 59.5 Å². The molecule has 25 heavy (non-hydrogen) atoms. The number of hydrogen-bond donors (Lipinski definition) is 1. The first-order valence-electron chi connectivity index (χ1n) is 8.91. The number of nitrogens with zero attached hydrogens (tertiary/aromatic N) is 1. The Kier molecular flexibility index (Phi) is 5.89. The largest absolute Gasteiger partial charge is 0.314 e. The van der Waals surface area contributed by atoms with Crippen molar-refractivity contribution in [1.29, 1.82) is 0 Å². The Morgan fingerprint density at radius 1 is 1.08 bits per heavy atom. The van der Waals surface area contributed by atoms with E-state index in [0.29, 0.717) is 11.4 Å². The molecule has 134 valence electrons. The lowest BCUT2D eigenvalue weighted by atomic mass is 10.0. The fourth-order valence-electron chi connectivity index (χ4n) is 3.30. The molecular formula is C20H26N2O2S. The molecule has 0 bridgehead atoms. The monoisotopic (exact) mass is 358 g/mol. The molecule has 5 heteroatoms. The molecular weight excluding hydrogens is 332 g/mol. The van der Waals surface area contributed by atoms with E-state index in [-0.39, 0.29) is 11.8 Å². The predicted octanol–water partition coefficient (Wildman–Crippen LogP) is 2.67. The summed E-state index contributed by atoms with van der Waals surface area (Å²) in [5.41, 5.74) is 2.58. The van der Waals surface area contributed by atoms with Gasteiger partial charge in [-0.05, 0) is 29.7 Å². The fourth-order valence-corrected chi connectivity index (χ4v) is 4.58. The van der Waals surface area contributed by atoms with Crippen LogP contribution in [0.4, 0.5) is 0 Å². The first kappa shape index (κ1) is 18.1. The smallest absolute Gasteiger partial charge is 0.179 e. The Morgan fingerprint density at radius 3 is 2.48 bits per heavy atom. The molecule has 2 aromatic carbocycles. The maximum atomic E-state index is 12.6. The van der Waals surface area contributed by atoms with Crippen molar-refractivity contribution in [2.45, 2.75) is 24.3 Å². The Bertz CT molecular complexity index is 773. The van der Waals surface area contributed by atoms with E-state index >= 15 is 0 Å². The maximum absolute atomic E-state index is 12.6. The number of sulfone groups is 1. The highest BCUT2D eigenvalue weighted by Crippen LogP contribution is 2.23. The predicted molar refractivity (Wildman–Crippen MR) is 101 cm³/mol. The van der Waals surface area contributed by atoms with Crippen molar-refractivity contribution in [1.82, 2.24) is 10.2 Å². The van der Waals surface area contributed by atoms with Crippen LogP contribution in [-0.4, -0.2) is 45.2 Å². The van der Waals surface area contributed by atoms with E-state index in [4.69, 9.17) is 0 Å². The van der Waals surface area contributed by atoms with Crippen LogP contribution in [0, 0.1) is 0 Å². The average Bonchev–Trinajstić information content (AvgIpc) is 2.67. The minimum Gasteiger partial charge on any atom is -0.314 e. The van der Waals surface area contributed by atoms with E-state index in [1.165, 1.54) is 11.1 Å². The zero-order chi connectivity index (χ0) is 17.7. The van der Waals surface area contributed by atoms with Gasteiger partial charge < -0.3 is 5.32 Å². The molecule has 1 unspecified atom stereocenters. The van der Waals surface area contributed by atoms with E-state index in [0.717, 1.165) is 26.1 Å². The lowest BCUT2D eigenvalue weighted by Crippen LogP contribution is -2.47. The summed E-state index contributed by atoms with van der Waals surface area (Å²) >= 11 is 0. The van der Waals surface area contributed by atoms with Crippen LogP contribution in [-0.2, 0) is 16.3 Å². The third-order valence-electron chi connectivity index (χ3n) is 4.88. The van der Waals surface area contributed by atoms with E-state index in [1.54, 1.807) is 24.3 Å². The van der Waals surface area contributed by atoms with Crippen LogP contribution in [0.1, 0.15) is 24.1 Å². The summed E-state index contributed by atoms with van der Waals surface area (Å²) in [5, 5.41) is 3.43. The summed E-state index contributed by atoms with van der Waals surface area (Å²) in [6.07, 6.45) is 1.03. The van der Waals surface area contributed by atoms with Crippen LogP contribution in [0.5, 0.6) is 0 Å². The molecule has 1 atom stereocenters. The van der Waals surface area contributed by atoms with Gasteiger partial charge in [-0.25, -0.2) is 8.42 Å². The minimum absolute atomic E-state index is 0.153. The number of benzene rings is 2. The van der Waals surface area contributed by atoms with Crippen LogP contribution < -0.4 is 5.32 Å².